The highest BCUT2D eigenvalue weighted by atomic mass is 14.8. The van der Waals surface area contributed by atoms with E-state index in [4.69, 9.17) is 0 Å². The van der Waals surface area contributed by atoms with E-state index >= 15 is 0 Å². The molecule has 1 heteroatoms. The fourth-order valence-corrected chi connectivity index (χ4v) is 0.816. The van der Waals surface area contributed by atoms with Gasteiger partial charge in [0, 0.05) is 0 Å². The van der Waals surface area contributed by atoms with Gasteiger partial charge in [-0.1, -0.05) is 18.2 Å². The molecule has 10 heavy (non-hydrogen) atoms. The molecule has 0 aliphatic carbocycles. The third kappa shape index (κ3) is 3.46. The first-order valence-electron chi connectivity index (χ1n) is 3.65. The molecular formula is C9H17N. The van der Waals surface area contributed by atoms with E-state index < -0.39 is 0 Å². The van der Waals surface area contributed by atoms with Gasteiger partial charge in [-0.25, -0.2) is 0 Å². The van der Waals surface area contributed by atoms with E-state index in [-0.39, 0.29) is 0 Å². The molecule has 58 valence electrons. The Balaban J connectivity index is 3.85. The predicted octanol–water partition coefficient (Wildman–Crippen LogP) is 2.12. The molecule has 0 saturated carbocycles. The van der Waals surface area contributed by atoms with Gasteiger partial charge in [0.2, 0.25) is 0 Å². The van der Waals surface area contributed by atoms with Crippen LogP contribution in [0.5, 0.6) is 0 Å². The van der Waals surface area contributed by atoms with Crippen LogP contribution in [0.25, 0.3) is 0 Å². The summed E-state index contributed by atoms with van der Waals surface area (Å²) in [6.07, 6.45) is 3.02. The molecule has 0 fully saturated rings. The van der Waals surface area contributed by atoms with Gasteiger partial charge in [0.05, 0.1) is 0 Å². The fourth-order valence-electron chi connectivity index (χ4n) is 0.816. The highest BCUT2D eigenvalue weighted by Gasteiger charge is 1.91. The van der Waals surface area contributed by atoms with Gasteiger partial charge in [-0.2, -0.15) is 0 Å². The van der Waals surface area contributed by atoms with E-state index in [0.29, 0.717) is 0 Å². The molecule has 1 nitrogen and oxygen atoms in total. The van der Waals surface area contributed by atoms with Gasteiger partial charge in [-0.3, -0.25) is 0 Å². The molecule has 0 aromatic rings. The molecule has 0 unspecified atom stereocenters. The van der Waals surface area contributed by atoms with Crippen molar-refractivity contribution in [3.63, 3.8) is 0 Å². The first-order chi connectivity index (χ1) is 4.72. The highest BCUT2D eigenvalue weighted by Crippen LogP contribution is 2.07. The van der Waals surface area contributed by atoms with Gasteiger partial charge in [-0.15, -0.1) is 0 Å². The van der Waals surface area contributed by atoms with Crippen LogP contribution in [-0.2, 0) is 0 Å². The Kier molecular flexibility index (Phi) is 4.95. The number of hydrogen-bond acceptors (Lipinski definition) is 1. The Morgan fingerprint density at radius 3 is 2.40 bits per heavy atom. The van der Waals surface area contributed by atoms with Gasteiger partial charge >= 0.3 is 0 Å². The maximum absolute atomic E-state index is 3.75. The smallest absolute Gasteiger partial charge is 0.00114 e. The standard InChI is InChI=1S/C9H17N/c1-5-9(8(2)3)6-7-10-4/h5,10H,1,6-7H2,2-4H3. The minimum Gasteiger partial charge on any atom is -0.319 e. The van der Waals surface area contributed by atoms with Crippen LogP contribution in [0.3, 0.4) is 0 Å². The van der Waals surface area contributed by atoms with E-state index in [1.54, 1.807) is 0 Å². The third-order valence-corrected chi connectivity index (χ3v) is 1.53. The van der Waals surface area contributed by atoms with Crippen molar-refractivity contribution >= 4 is 0 Å². The number of allylic oxidation sites excluding steroid dienone is 2. The maximum atomic E-state index is 3.75. The minimum absolute atomic E-state index is 1.03. The molecule has 0 heterocycles. The Labute approximate surface area is 63.8 Å². The van der Waals surface area contributed by atoms with Crippen molar-refractivity contribution in [3.05, 3.63) is 23.8 Å². The average Bonchev–Trinajstić information content (AvgIpc) is 1.89. The summed E-state index contributed by atoms with van der Waals surface area (Å²) in [6, 6.07) is 0. The minimum atomic E-state index is 1.03. The zero-order valence-electron chi connectivity index (χ0n) is 7.20. The van der Waals surface area contributed by atoms with E-state index in [9.17, 15) is 0 Å². The van der Waals surface area contributed by atoms with Crippen LogP contribution in [-0.4, -0.2) is 13.6 Å². The summed E-state index contributed by atoms with van der Waals surface area (Å²) in [4.78, 5) is 0. The summed E-state index contributed by atoms with van der Waals surface area (Å²) in [6.45, 7) is 9.02. The number of hydrogen-bond donors (Lipinski definition) is 1. The lowest BCUT2D eigenvalue weighted by atomic mass is 10.1. The molecule has 1 N–H and O–H groups in total. The molecule has 0 bridgehead atoms. The molecule has 0 aliphatic rings. The summed E-state index contributed by atoms with van der Waals surface area (Å²) < 4.78 is 0. The van der Waals surface area contributed by atoms with Gasteiger partial charge < -0.3 is 5.32 Å². The fraction of sp³-hybridized carbons (Fsp3) is 0.556. The molecular weight excluding hydrogens is 122 g/mol. The van der Waals surface area contributed by atoms with E-state index in [0.717, 1.165) is 13.0 Å². The zero-order chi connectivity index (χ0) is 7.98. The summed E-state index contributed by atoms with van der Waals surface area (Å²) in [7, 11) is 1.96. The second kappa shape index (κ2) is 5.24. The molecule has 0 spiro atoms. The molecule has 0 atom stereocenters. The maximum Gasteiger partial charge on any atom is -0.00114 e. The molecule has 0 saturated heterocycles. The average molecular weight is 139 g/mol. The van der Waals surface area contributed by atoms with Crippen molar-refractivity contribution in [1.82, 2.24) is 5.32 Å². The Bertz CT molecular complexity index is 130. The lowest BCUT2D eigenvalue weighted by Crippen LogP contribution is -2.08. The third-order valence-electron chi connectivity index (χ3n) is 1.53. The molecule has 0 amide bonds. The molecule has 0 aromatic heterocycles. The first-order valence-corrected chi connectivity index (χ1v) is 3.65. The van der Waals surface area contributed by atoms with Crippen LogP contribution in [0.4, 0.5) is 0 Å². The van der Waals surface area contributed by atoms with Crippen molar-refractivity contribution in [1.29, 1.82) is 0 Å². The molecule has 0 rings (SSSR count). The number of nitrogens with one attached hydrogen (secondary N) is 1. The summed E-state index contributed by atoms with van der Waals surface area (Å²) >= 11 is 0. The normalized spacial score (nSPS) is 9.10. The Hall–Kier alpha value is -0.560. The van der Waals surface area contributed by atoms with Crippen molar-refractivity contribution < 1.29 is 0 Å². The number of rotatable bonds is 4. The van der Waals surface area contributed by atoms with Crippen molar-refractivity contribution in [3.8, 4) is 0 Å². The van der Waals surface area contributed by atoms with Crippen molar-refractivity contribution in [2.24, 2.45) is 0 Å². The van der Waals surface area contributed by atoms with Gasteiger partial charge in [0.1, 0.15) is 0 Å². The highest BCUT2D eigenvalue weighted by molar-refractivity contribution is 5.21. The second-order valence-electron chi connectivity index (χ2n) is 2.58. The lowest BCUT2D eigenvalue weighted by Gasteiger charge is -2.02. The van der Waals surface area contributed by atoms with Crippen LogP contribution in [0.15, 0.2) is 23.8 Å². The van der Waals surface area contributed by atoms with Crippen LogP contribution in [0.1, 0.15) is 20.3 Å². The van der Waals surface area contributed by atoms with E-state index in [1.807, 2.05) is 13.1 Å². The van der Waals surface area contributed by atoms with Crippen LogP contribution in [0.2, 0.25) is 0 Å². The molecule has 0 aromatic carbocycles. The summed E-state index contributed by atoms with van der Waals surface area (Å²) in [5, 5.41) is 3.11. The molecule has 0 radical (unpaired) electrons. The van der Waals surface area contributed by atoms with Gasteiger partial charge in [0.15, 0.2) is 0 Å². The second-order valence-corrected chi connectivity index (χ2v) is 2.58. The van der Waals surface area contributed by atoms with Gasteiger partial charge in [0.25, 0.3) is 0 Å². The summed E-state index contributed by atoms with van der Waals surface area (Å²) in [5.74, 6) is 0. The van der Waals surface area contributed by atoms with Gasteiger partial charge in [-0.05, 0) is 39.4 Å². The topological polar surface area (TPSA) is 12.0 Å². The lowest BCUT2D eigenvalue weighted by molar-refractivity contribution is 0.789. The first kappa shape index (κ1) is 9.44. The zero-order valence-corrected chi connectivity index (χ0v) is 7.20. The SMILES string of the molecule is C=CC(CCNC)=C(C)C. The van der Waals surface area contributed by atoms with Crippen molar-refractivity contribution in [2.45, 2.75) is 20.3 Å². The summed E-state index contributed by atoms with van der Waals surface area (Å²) in [5.41, 5.74) is 2.72. The quantitative estimate of drug-likeness (QED) is 0.588. The van der Waals surface area contributed by atoms with Crippen LogP contribution in [0, 0.1) is 0 Å². The van der Waals surface area contributed by atoms with E-state index in [1.165, 1.54) is 11.1 Å². The van der Waals surface area contributed by atoms with Crippen LogP contribution < -0.4 is 5.32 Å². The molecule has 0 aliphatic heterocycles. The Morgan fingerprint density at radius 2 is 2.10 bits per heavy atom. The largest absolute Gasteiger partial charge is 0.319 e. The van der Waals surface area contributed by atoms with Crippen molar-refractivity contribution in [2.75, 3.05) is 13.6 Å². The Morgan fingerprint density at radius 1 is 1.50 bits per heavy atom. The monoisotopic (exact) mass is 139 g/mol. The van der Waals surface area contributed by atoms with E-state index in [2.05, 4.69) is 25.7 Å². The van der Waals surface area contributed by atoms with Crippen LogP contribution >= 0.6 is 0 Å². The predicted molar refractivity (Wildman–Crippen MR) is 47.1 cm³/mol.